The average Bonchev–Trinajstić information content (AvgIpc) is 2.03. The van der Waals surface area contributed by atoms with Crippen LogP contribution in [0, 0.1) is 0 Å². The Hall–Kier alpha value is -0.120. The molecule has 0 radical (unpaired) electrons. The van der Waals surface area contributed by atoms with Crippen molar-refractivity contribution >= 4 is 0 Å². The fourth-order valence-electron chi connectivity index (χ4n) is 1.39. The Morgan fingerprint density at radius 3 is 1.36 bits per heavy atom. The lowest BCUT2D eigenvalue weighted by atomic mass is 10.0. The van der Waals surface area contributed by atoms with E-state index in [4.69, 9.17) is 5.73 Å². The molecule has 0 aromatic carbocycles. The number of hydrogen-bond donors (Lipinski definition) is 1. The van der Waals surface area contributed by atoms with Crippen LogP contribution in [-0.4, -0.2) is 56.1 Å². The van der Waals surface area contributed by atoms with E-state index in [1.807, 2.05) is 0 Å². The number of hydrogen-bond acceptors (Lipinski definition) is 3. The van der Waals surface area contributed by atoms with Gasteiger partial charge in [0.25, 0.3) is 0 Å². The van der Waals surface area contributed by atoms with E-state index in [1.54, 1.807) is 0 Å². The molecule has 2 unspecified atom stereocenters. The summed E-state index contributed by atoms with van der Waals surface area (Å²) in [6.07, 6.45) is 2.15. The molecule has 0 aromatic rings. The smallest absolute Gasteiger partial charge is 0.00755 e. The molecule has 14 heavy (non-hydrogen) atoms. The summed E-state index contributed by atoms with van der Waals surface area (Å²) in [5, 5.41) is 0. The summed E-state index contributed by atoms with van der Waals surface area (Å²) in [5.41, 5.74) is 6.10. The van der Waals surface area contributed by atoms with Gasteiger partial charge in [0.2, 0.25) is 0 Å². The first kappa shape index (κ1) is 13.9. The molecule has 3 nitrogen and oxygen atoms in total. The topological polar surface area (TPSA) is 32.5 Å². The molecule has 0 aliphatic rings. The largest absolute Gasteiger partial charge is 0.328 e. The van der Waals surface area contributed by atoms with Gasteiger partial charge in [0.05, 0.1) is 0 Å². The molecule has 3 heteroatoms. The molecule has 0 aliphatic heterocycles. The summed E-state index contributed by atoms with van der Waals surface area (Å²) < 4.78 is 0. The highest BCUT2D eigenvalue weighted by molar-refractivity contribution is 4.74. The van der Waals surface area contributed by atoms with Crippen molar-refractivity contribution in [2.24, 2.45) is 5.73 Å². The Labute approximate surface area is 89.2 Å². The van der Waals surface area contributed by atoms with E-state index in [0.29, 0.717) is 18.1 Å². The summed E-state index contributed by atoms with van der Waals surface area (Å²) in [5.74, 6) is 0. The zero-order chi connectivity index (χ0) is 11.3. The van der Waals surface area contributed by atoms with Crippen LogP contribution in [0.1, 0.15) is 26.7 Å². The summed E-state index contributed by atoms with van der Waals surface area (Å²) in [6.45, 7) is 4.44. The molecule has 0 saturated carbocycles. The first-order valence-corrected chi connectivity index (χ1v) is 5.43. The highest BCUT2D eigenvalue weighted by Crippen LogP contribution is 2.08. The van der Waals surface area contributed by atoms with Crippen molar-refractivity contribution in [1.82, 2.24) is 9.80 Å². The van der Waals surface area contributed by atoms with Gasteiger partial charge in [0, 0.05) is 18.1 Å². The maximum Gasteiger partial charge on any atom is 0.00755 e. The molecule has 0 rings (SSSR count). The average molecular weight is 201 g/mol. The van der Waals surface area contributed by atoms with Crippen molar-refractivity contribution in [2.75, 3.05) is 28.2 Å². The lowest BCUT2D eigenvalue weighted by molar-refractivity contribution is 0.244. The molecule has 0 heterocycles. The second kappa shape index (κ2) is 6.38. The minimum Gasteiger partial charge on any atom is -0.328 e. The van der Waals surface area contributed by atoms with Gasteiger partial charge >= 0.3 is 0 Å². The molecular formula is C11H27N3. The van der Waals surface area contributed by atoms with Crippen LogP contribution in [0.5, 0.6) is 0 Å². The highest BCUT2D eigenvalue weighted by atomic mass is 15.1. The van der Waals surface area contributed by atoms with Crippen molar-refractivity contribution in [3.05, 3.63) is 0 Å². The number of rotatable bonds is 6. The summed E-state index contributed by atoms with van der Waals surface area (Å²) in [6, 6.07) is 1.45. The van der Waals surface area contributed by atoms with E-state index >= 15 is 0 Å². The molecule has 2 atom stereocenters. The Bertz CT molecular complexity index is 129. The molecule has 0 fully saturated rings. The first-order chi connectivity index (χ1) is 6.34. The molecule has 0 aromatic heterocycles. The van der Waals surface area contributed by atoms with Gasteiger partial charge in [0.1, 0.15) is 0 Å². The second-order valence-corrected chi connectivity index (χ2v) is 4.86. The third-order valence-electron chi connectivity index (χ3n) is 3.05. The molecule has 0 amide bonds. The van der Waals surface area contributed by atoms with E-state index in [-0.39, 0.29) is 0 Å². The zero-order valence-corrected chi connectivity index (χ0v) is 10.6. The Kier molecular flexibility index (Phi) is 6.33. The van der Waals surface area contributed by atoms with Crippen molar-refractivity contribution in [2.45, 2.75) is 44.8 Å². The standard InChI is InChI=1S/C11H27N3/c1-9(13(3)4)7-11(12)8-10(2)14(5)6/h9-11H,7-8,12H2,1-6H3. The Morgan fingerprint density at radius 1 is 0.857 bits per heavy atom. The van der Waals surface area contributed by atoms with Gasteiger partial charge in [-0.1, -0.05) is 0 Å². The molecule has 0 bridgehead atoms. The van der Waals surface area contributed by atoms with E-state index in [1.165, 1.54) is 0 Å². The summed E-state index contributed by atoms with van der Waals surface area (Å²) in [4.78, 5) is 4.44. The molecule has 2 N–H and O–H groups in total. The monoisotopic (exact) mass is 201 g/mol. The van der Waals surface area contributed by atoms with Gasteiger partial charge in [-0.3, -0.25) is 0 Å². The van der Waals surface area contributed by atoms with Gasteiger partial charge in [-0.2, -0.15) is 0 Å². The van der Waals surface area contributed by atoms with Gasteiger partial charge < -0.3 is 15.5 Å². The van der Waals surface area contributed by atoms with Crippen LogP contribution in [0.15, 0.2) is 0 Å². The van der Waals surface area contributed by atoms with E-state index in [9.17, 15) is 0 Å². The van der Waals surface area contributed by atoms with E-state index in [0.717, 1.165) is 12.8 Å². The van der Waals surface area contributed by atoms with Crippen molar-refractivity contribution < 1.29 is 0 Å². The first-order valence-electron chi connectivity index (χ1n) is 5.43. The number of nitrogens with two attached hydrogens (primary N) is 1. The minimum absolute atomic E-state index is 0.310. The fourth-order valence-corrected chi connectivity index (χ4v) is 1.39. The van der Waals surface area contributed by atoms with Crippen LogP contribution < -0.4 is 5.73 Å². The zero-order valence-electron chi connectivity index (χ0n) is 10.6. The molecule has 0 saturated heterocycles. The van der Waals surface area contributed by atoms with Crippen LogP contribution in [0.2, 0.25) is 0 Å². The maximum absolute atomic E-state index is 6.10. The SMILES string of the molecule is CC(CC(N)CC(C)N(C)C)N(C)C. The van der Waals surface area contributed by atoms with Crippen LogP contribution in [0.3, 0.4) is 0 Å². The molecule has 86 valence electrons. The summed E-state index contributed by atoms with van der Waals surface area (Å²) >= 11 is 0. The predicted molar refractivity (Wildman–Crippen MR) is 63.5 cm³/mol. The Balaban J connectivity index is 3.80. The van der Waals surface area contributed by atoms with Crippen molar-refractivity contribution in [1.29, 1.82) is 0 Å². The van der Waals surface area contributed by atoms with Gasteiger partial charge in [0.15, 0.2) is 0 Å². The van der Waals surface area contributed by atoms with Gasteiger partial charge in [-0.05, 0) is 54.9 Å². The van der Waals surface area contributed by atoms with Crippen LogP contribution in [0.4, 0.5) is 0 Å². The fraction of sp³-hybridized carbons (Fsp3) is 1.00. The highest BCUT2D eigenvalue weighted by Gasteiger charge is 2.14. The lowest BCUT2D eigenvalue weighted by Gasteiger charge is -2.27. The van der Waals surface area contributed by atoms with Crippen molar-refractivity contribution in [3.8, 4) is 0 Å². The third-order valence-corrected chi connectivity index (χ3v) is 3.05. The minimum atomic E-state index is 0.310. The lowest BCUT2D eigenvalue weighted by Crippen LogP contribution is -2.37. The van der Waals surface area contributed by atoms with Crippen LogP contribution in [0.25, 0.3) is 0 Å². The van der Waals surface area contributed by atoms with E-state index < -0.39 is 0 Å². The van der Waals surface area contributed by atoms with Gasteiger partial charge in [-0.15, -0.1) is 0 Å². The normalized spacial score (nSPS) is 18.6. The van der Waals surface area contributed by atoms with E-state index in [2.05, 4.69) is 51.8 Å². The Morgan fingerprint density at radius 2 is 1.14 bits per heavy atom. The molecular weight excluding hydrogens is 174 g/mol. The second-order valence-electron chi connectivity index (χ2n) is 4.86. The van der Waals surface area contributed by atoms with Crippen molar-refractivity contribution in [3.63, 3.8) is 0 Å². The molecule has 0 spiro atoms. The quantitative estimate of drug-likeness (QED) is 0.696. The summed E-state index contributed by atoms with van der Waals surface area (Å²) in [7, 11) is 8.42. The maximum atomic E-state index is 6.10. The molecule has 0 aliphatic carbocycles. The van der Waals surface area contributed by atoms with Gasteiger partial charge in [-0.25, -0.2) is 0 Å². The predicted octanol–water partition coefficient (Wildman–Crippen LogP) is 0.994. The van der Waals surface area contributed by atoms with Crippen LogP contribution >= 0.6 is 0 Å². The number of nitrogens with zero attached hydrogens (tertiary/aromatic N) is 2. The van der Waals surface area contributed by atoms with Crippen LogP contribution in [-0.2, 0) is 0 Å². The third kappa shape index (κ3) is 5.58.